The molecule has 0 spiro atoms. The van der Waals surface area contributed by atoms with Crippen LogP contribution in [0.1, 0.15) is 11.4 Å². The number of alkyl halides is 3. The van der Waals surface area contributed by atoms with Crippen LogP contribution in [0.15, 0.2) is 11.0 Å². The lowest BCUT2D eigenvalue weighted by molar-refractivity contribution is -0.140. The first-order chi connectivity index (χ1) is 7.30. The minimum absolute atomic E-state index is 0.112. The molecule has 0 aliphatic rings. The number of fused-ring (bicyclic) bond motifs is 1. The van der Waals surface area contributed by atoms with Crippen LogP contribution in [-0.2, 0) is 13.2 Å². The van der Waals surface area contributed by atoms with Gasteiger partial charge in [0, 0.05) is 7.05 Å². The molecule has 2 rings (SSSR count). The Morgan fingerprint density at radius 3 is 2.56 bits per heavy atom. The number of rotatable bonds is 0. The van der Waals surface area contributed by atoms with Crippen LogP contribution in [0.25, 0.3) is 5.78 Å². The first kappa shape index (κ1) is 10.7. The maximum Gasteiger partial charge on any atom is 0.435 e. The van der Waals surface area contributed by atoms with Crippen molar-refractivity contribution in [2.75, 3.05) is 0 Å². The zero-order chi connectivity index (χ0) is 12.1. The van der Waals surface area contributed by atoms with Gasteiger partial charge in [-0.25, -0.2) is 9.50 Å². The summed E-state index contributed by atoms with van der Waals surface area (Å²) in [5.41, 5.74) is -1.42. The molecule has 0 aliphatic carbocycles. The van der Waals surface area contributed by atoms with E-state index in [1.807, 2.05) is 0 Å². The molecule has 0 fully saturated rings. The second-order valence-corrected chi connectivity index (χ2v) is 3.32. The maximum absolute atomic E-state index is 12.4. The van der Waals surface area contributed by atoms with Gasteiger partial charge in [0.15, 0.2) is 5.69 Å². The number of nitrogens with zero attached hydrogens (tertiary/aromatic N) is 4. The lowest BCUT2D eigenvalue weighted by Gasteiger charge is -2.00. The molecule has 8 heteroatoms. The third-order valence-corrected chi connectivity index (χ3v) is 2.13. The van der Waals surface area contributed by atoms with Crippen LogP contribution >= 0.6 is 0 Å². The van der Waals surface area contributed by atoms with Crippen molar-refractivity contribution in [2.24, 2.45) is 7.05 Å². The molecule has 0 amide bonds. The normalized spacial score (nSPS) is 12.3. The summed E-state index contributed by atoms with van der Waals surface area (Å²) in [6.45, 7) is 1.43. The van der Waals surface area contributed by atoms with Gasteiger partial charge in [-0.05, 0) is 6.92 Å². The quantitative estimate of drug-likeness (QED) is 0.673. The molecule has 0 N–H and O–H groups in total. The van der Waals surface area contributed by atoms with Crippen LogP contribution in [0.4, 0.5) is 13.2 Å². The fraction of sp³-hybridized carbons (Fsp3) is 0.375. The van der Waals surface area contributed by atoms with Gasteiger partial charge >= 0.3 is 6.18 Å². The summed E-state index contributed by atoms with van der Waals surface area (Å²) in [7, 11) is 1.35. The van der Waals surface area contributed by atoms with Crippen LogP contribution in [0, 0.1) is 6.92 Å². The van der Waals surface area contributed by atoms with Crippen molar-refractivity contribution >= 4 is 5.78 Å². The molecule has 0 atom stereocenters. The van der Waals surface area contributed by atoms with Crippen molar-refractivity contribution < 1.29 is 13.2 Å². The van der Waals surface area contributed by atoms with E-state index >= 15 is 0 Å². The number of imidazole rings is 1. The van der Waals surface area contributed by atoms with Crippen molar-refractivity contribution in [1.82, 2.24) is 19.2 Å². The van der Waals surface area contributed by atoms with E-state index in [-0.39, 0.29) is 11.5 Å². The summed E-state index contributed by atoms with van der Waals surface area (Å²) >= 11 is 0. The molecule has 0 aromatic carbocycles. The fourth-order valence-corrected chi connectivity index (χ4v) is 1.34. The molecule has 16 heavy (non-hydrogen) atoms. The van der Waals surface area contributed by atoms with E-state index in [1.165, 1.54) is 14.0 Å². The van der Waals surface area contributed by atoms with E-state index in [9.17, 15) is 18.0 Å². The minimum atomic E-state index is -4.54. The lowest BCUT2D eigenvalue weighted by atomic mass is 10.5. The Morgan fingerprint density at radius 2 is 2.00 bits per heavy atom. The highest BCUT2D eigenvalue weighted by atomic mass is 19.4. The average molecular weight is 232 g/mol. The number of halogens is 3. The molecule has 0 unspecified atom stereocenters. The van der Waals surface area contributed by atoms with Crippen molar-refractivity contribution in [2.45, 2.75) is 13.1 Å². The molecule has 0 aliphatic heterocycles. The fourth-order valence-electron chi connectivity index (χ4n) is 1.34. The molecule has 2 aromatic heterocycles. The van der Waals surface area contributed by atoms with Gasteiger partial charge < -0.3 is 0 Å². The average Bonchev–Trinajstić information content (AvgIpc) is 2.57. The topological polar surface area (TPSA) is 52.2 Å². The first-order valence-corrected chi connectivity index (χ1v) is 4.31. The Labute approximate surface area is 87.1 Å². The Balaban J connectivity index is 2.82. The Hall–Kier alpha value is -1.86. The molecule has 2 aromatic rings. The summed E-state index contributed by atoms with van der Waals surface area (Å²) in [6.07, 6.45) is -3.79. The molecule has 0 saturated carbocycles. The standard InChI is InChI=1S/C8H7F3N4O/c1-4-6(16)14(2)7-12-5(8(9,10)11)3-15(7)13-4/h3H,1-2H3. The third-order valence-electron chi connectivity index (χ3n) is 2.13. The van der Waals surface area contributed by atoms with Gasteiger partial charge in [0.05, 0.1) is 6.20 Å². The summed E-state index contributed by atoms with van der Waals surface area (Å²) in [5.74, 6) is -0.136. The lowest BCUT2D eigenvalue weighted by Crippen LogP contribution is -2.23. The van der Waals surface area contributed by atoms with Crippen LogP contribution in [-0.4, -0.2) is 19.2 Å². The molecular formula is C8H7F3N4O. The maximum atomic E-state index is 12.4. The van der Waals surface area contributed by atoms with E-state index in [4.69, 9.17) is 0 Å². The minimum Gasteiger partial charge on any atom is -0.279 e. The van der Waals surface area contributed by atoms with E-state index in [1.54, 1.807) is 0 Å². The van der Waals surface area contributed by atoms with Gasteiger partial charge in [0.2, 0.25) is 5.78 Å². The predicted molar refractivity (Wildman–Crippen MR) is 48.0 cm³/mol. The first-order valence-electron chi connectivity index (χ1n) is 4.31. The zero-order valence-electron chi connectivity index (χ0n) is 8.41. The number of hydrogen-bond acceptors (Lipinski definition) is 3. The molecule has 0 bridgehead atoms. The van der Waals surface area contributed by atoms with E-state index in [2.05, 4.69) is 10.1 Å². The van der Waals surface area contributed by atoms with Gasteiger partial charge in [-0.1, -0.05) is 0 Å². The van der Waals surface area contributed by atoms with Gasteiger partial charge in [0.1, 0.15) is 5.69 Å². The van der Waals surface area contributed by atoms with Gasteiger partial charge in [0.25, 0.3) is 5.56 Å². The smallest absolute Gasteiger partial charge is 0.279 e. The molecule has 86 valence electrons. The molecule has 5 nitrogen and oxygen atoms in total. The van der Waals surface area contributed by atoms with E-state index in [0.29, 0.717) is 0 Å². The van der Waals surface area contributed by atoms with Crippen molar-refractivity contribution in [3.63, 3.8) is 0 Å². The van der Waals surface area contributed by atoms with Crippen molar-refractivity contribution in [1.29, 1.82) is 0 Å². The number of aryl methyl sites for hydroxylation is 2. The second kappa shape index (κ2) is 3.06. The molecule has 2 heterocycles. The van der Waals surface area contributed by atoms with Gasteiger partial charge in [-0.15, -0.1) is 0 Å². The monoisotopic (exact) mass is 232 g/mol. The van der Waals surface area contributed by atoms with Crippen molar-refractivity contribution in [3.8, 4) is 0 Å². The Kier molecular flexibility index (Phi) is 2.04. The summed E-state index contributed by atoms with van der Waals surface area (Å²) < 4.78 is 39.1. The molecule has 0 radical (unpaired) electrons. The Bertz CT molecular complexity index is 610. The highest BCUT2D eigenvalue weighted by molar-refractivity contribution is 5.31. The Morgan fingerprint density at radius 1 is 1.38 bits per heavy atom. The predicted octanol–water partition coefficient (Wildman–Crippen LogP) is 0.755. The summed E-state index contributed by atoms with van der Waals surface area (Å²) in [6, 6.07) is 0. The molecular weight excluding hydrogens is 225 g/mol. The number of hydrogen-bond donors (Lipinski definition) is 0. The zero-order valence-corrected chi connectivity index (χ0v) is 8.41. The number of aromatic nitrogens is 4. The van der Waals surface area contributed by atoms with Gasteiger partial charge in [-0.2, -0.15) is 18.3 Å². The van der Waals surface area contributed by atoms with Crippen LogP contribution in [0.5, 0.6) is 0 Å². The van der Waals surface area contributed by atoms with Crippen LogP contribution in [0.3, 0.4) is 0 Å². The van der Waals surface area contributed by atoms with Gasteiger partial charge in [-0.3, -0.25) is 9.36 Å². The van der Waals surface area contributed by atoms with Crippen LogP contribution < -0.4 is 5.56 Å². The van der Waals surface area contributed by atoms with Crippen LogP contribution in [0.2, 0.25) is 0 Å². The second-order valence-electron chi connectivity index (χ2n) is 3.32. The van der Waals surface area contributed by atoms with Crippen molar-refractivity contribution in [3.05, 3.63) is 27.9 Å². The highest BCUT2D eigenvalue weighted by Gasteiger charge is 2.34. The third kappa shape index (κ3) is 1.46. The SMILES string of the molecule is Cc1nn2cc(C(F)(F)F)nc2n(C)c1=O. The van der Waals surface area contributed by atoms with E-state index in [0.717, 1.165) is 15.3 Å². The molecule has 0 saturated heterocycles. The largest absolute Gasteiger partial charge is 0.435 e. The van der Waals surface area contributed by atoms with E-state index < -0.39 is 17.4 Å². The summed E-state index contributed by atoms with van der Waals surface area (Å²) in [5, 5.41) is 3.69. The summed E-state index contributed by atoms with van der Waals surface area (Å²) in [4.78, 5) is 14.7. The highest BCUT2D eigenvalue weighted by Crippen LogP contribution is 2.27.